The lowest BCUT2D eigenvalue weighted by atomic mass is 10.2. The van der Waals surface area contributed by atoms with Crippen molar-refractivity contribution in [3.63, 3.8) is 0 Å². The van der Waals surface area contributed by atoms with Crippen molar-refractivity contribution in [1.82, 2.24) is 0 Å². The van der Waals surface area contributed by atoms with Crippen molar-refractivity contribution < 1.29 is 18.0 Å². The zero-order valence-corrected chi connectivity index (χ0v) is 9.81. The molecule has 0 saturated carbocycles. The van der Waals surface area contributed by atoms with Crippen LogP contribution in [-0.2, 0) is 4.79 Å². The van der Waals surface area contributed by atoms with E-state index >= 15 is 0 Å². The molecule has 0 aliphatic rings. The Morgan fingerprint density at radius 3 is 2.28 bits per heavy atom. The molecule has 1 aromatic carbocycles. The van der Waals surface area contributed by atoms with Gasteiger partial charge in [-0.2, -0.15) is 0 Å². The van der Waals surface area contributed by atoms with Crippen molar-refractivity contribution in [2.45, 2.75) is 25.7 Å². The van der Waals surface area contributed by atoms with Gasteiger partial charge in [0.1, 0.15) is 0 Å². The van der Waals surface area contributed by atoms with Gasteiger partial charge in [-0.05, 0) is 19.4 Å². The SMILES string of the molecule is NCCCCCC(=O)Nc1cc(F)c(F)c(F)c1. The van der Waals surface area contributed by atoms with Gasteiger partial charge in [-0.15, -0.1) is 0 Å². The van der Waals surface area contributed by atoms with E-state index in [9.17, 15) is 18.0 Å². The maximum atomic E-state index is 12.9. The molecule has 18 heavy (non-hydrogen) atoms. The number of halogens is 3. The molecule has 1 amide bonds. The number of rotatable bonds is 6. The number of amides is 1. The lowest BCUT2D eigenvalue weighted by Crippen LogP contribution is -2.12. The Hall–Kier alpha value is -1.56. The van der Waals surface area contributed by atoms with Crippen LogP contribution in [0.2, 0.25) is 0 Å². The first-order valence-electron chi connectivity index (χ1n) is 5.69. The van der Waals surface area contributed by atoms with Gasteiger partial charge in [-0.3, -0.25) is 4.79 Å². The molecule has 0 aliphatic carbocycles. The van der Waals surface area contributed by atoms with Gasteiger partial charge in [0.05, 0.1) is 0 Å². The zero-order chi connectivity index (χ0) is 13.5. The molecule has 3 N–H and O–H groups in total. The smallest absolute Gasteiger partial charge is 0.224 e. The molecule has 1 aromatic rings. The summed E-state index contributed by atoms with van der Waals surface area (Å²) >= 11 is 0. The van der Waals surface area contributed by atoms with Crippen LogP contribution in [0.5, 0.6) is 0 Å². The summed E-state index contributed by atoms with van der Waals surface area (Å²) in [7, 11) is 0. The van der Waals surface area contributed by atoms with Crippen molar-refractivity contribution in [3.8, 4) is 0 Å². The first-order chi connectivity index (χ1) is 8.54. The predicted octanol–water partition coefficient (Wildman–Crippen LogP) is 2.56. The highest BCUT2D eigenvalue weighted by Gasteiger charge is 2.11. The van der Waals surface area contributed by atoms with Crippen LogP contribution in [0.4, 0.5) is 18.9 Å². The van der Waals surface area contributed by atoms with Gasteiger partial charge >= 0.3 is 0 Å². The molecule has 0 fully saturated rings. The average Bonchev–Trinajstić information content (AvgIpc) is 2.31. The van der Waals surface area contributed by atoms with Gasteiger partial charge in [0.15, 0.2) is 17.5 Å². The summed E-state index contributed by atoms with van der Waals surface area (Å²) < 4.78 is 38.4. The molecule has 0 aliphatic heterocycles. The van der Waals surface area contributed by atoms with Gasteiger partial charge in [-0.1, -0.05) is 6.42 Å². The highest BCUT2D eigenvalue weighted by molar-refractivity contribution is 5.90. The summed E-state index contributed by atoms with van der Waals surface area (Å²) in [4.78, 5) is 11.4. The van der Waals surface area contributed by atoms with E-state index in [1.54, 1.807) is 0 Å². The number of anilines is 1. The molecule has 0 atom stereocenters. The third-order valence-corrected chi connectivity index (χ3v) is 2.38. The number of nitrogens with one attached hydrogen (secondary N) is 1. The van der Waals surface area contributed by atoms with E-state index in [4.69, 9.17) is 5.73 Å². The average molecular weight is 260 g/mol. The Labute approximate surface area is 103 Å². The second kappa shape index (κ2) is 7.00. The van der Waals surface area contributed by atoms with E-state index in [2.05, 4.69) is 5.32 Å². The van der Waals surface area contributed by atoms with E-state index in [1.165, 1.54) is 0 Å². The summed E-state index contributed by atoms with van der Waals surface area (Å²) in [6.07, 6.45) is 2.53. The Kier molecular flexibility index (Phi) is 5.64. The number of hydrogen-bond acceptors (Lipinski definition) is 2. The minimum atomic E-state index is -1.55. The van der Waals surface area contributed by atoms with Crippen LogP contribution in [-0.4, -0.2) is 12.5 Å². The minimum absolute atomic E-state index is 0.0878. The molecule has 0 saturated heterocycles. The van der Waals surface area contributed by atoms with Crippen LogP contribution in [0.3, 0.4) is 0 Å². The van der Waals surface area contributed by atoms with Gasteiger partial charge in [0.2, 0.25) is 5.91 Å². The molecule has 1 rings (SSSR count). The highest BCUT2D eigenvalue weighted by Crippen LogP contribution is 2.17. The largest absolute Gasteiger partial charge is 0.330 e. The number of hydrogen-bond donors (Lipinski definition) is 2. The maximum Gasteiger partial charge on any atom is 0.224 e. The quantitative estimate of drug-likeness (QED) is 0.610. The Morgan fingerprint density at radius 2 is 1.72 bits per heavy atom. The zero-order valence-electron chi connectivity index (χ0n) is 9.81. The molecular formula is C12H15F3N2O. The fraction of sp³-hybridized carbons (Fsp3) is 0.417. The molecule has 0 aromatic heterocycles. The standard InChI is InChI=1S/C12H15F3N2O/c13-9-6-8(7-10(14)12(9)15)17-11(18)4-2-1-3-5-16/h6-7H,1-5,16H2,(H,17,18). The Morgan fingerprint density at radius 1 is 1.11 bits per heavy atom. The van der Waals surface area contributed by atoms with Gasteiger partial charge in [0.25, 0.3) is 0 Å². The summed E-state index contributed by atoms with van der Waals surface area (Å²) in [6.45, 7) is 0.565. The number of nitrogens with two attached hydrogens (primary N) is 1. The van der Waals surface area contributed by atoms with E-state index in [1.807, 2.05) is 0 Å². The summed E-state index contributed by atoms with van der Waals surface area (Å²) in [5, 5.41) is 2.31. The second-order valence-corrected chi connectivity index (χ2v) is 3.90. The summed E-state index contributed by atoms with van der Waals surface area (Å²) in [5.41, 5.74) is 5.21. The van der Waals surface area contributed by atoms with Crippen molar-refractivity contribution >= 4 is 11.6 Å². The van der Waals surface area contributed by atoms with Crippen molar-refractivity contribution in [1.29, 1.82) is 0 Å². The van der Waals surface area contributed by atoms with Gasteiger partial charge in [-0.25, -0.2) is 13.2 Å². The number of benzene rings is 1. The normalized spacial score (nSPS) is 10.4. The summed E-state index contributed by atoms with van der Waals surface area (Å²) in [5.74, 6) is -4.56. The summed E-state index contributed by atoms with van der Waals surface area (Å²) in [6, 6.07) is 1.49. The molecular weight excluding hydrogens is 245 g/mol. The molecule has 0 spiro atoms. The molecule has 100 valence electrons. The lowest BCUT2D eigenvalue weighted by Gasteiger charge is -2.06. The fourth-order valence-corrected chi connectivity index (χ4v) is 1.46. The Bertz CT molecular complexity index is 401. The van der Waals surface area contributed by atoms with Crippen LogP contribution in [0.25, 0.3) is 0 Å². The van der Waals surface area contributed by atoms with Crippen LogP contribution in [0.15, 0.2) is 12.1 Å². The second-order valence-electron chi connectivity index (χ2n) is 3.90. The van der Waals surface area contributed by atoms with Crippen molar-refractivity contribution in [2.75, 3.05) is 11.9 Å². The van der Waals surface area contributed by atoms with E-state index < -0.39 is 17.5 Å². The van der Waals surface area contributed by atoms with Gasteiger partial charge < -0.3 is 11.1 Å². The van der Waals surface area contributed by atoms with Crippen LogP contribution < -0.4 is 11.1 Å². The first kappa shape index (κ1) is 14.5. The highest BCUT2D eigenvalue weighted by atomic mass is 19.2. The fourth-order valence-electron chi connectivity index (χ4n) is 1.46. The van der Waals surface area contributed by atoms with E-state index in [-0.39, 0.29) is 18.0 Å². The predicted molar refractivity (Wildman–Crippen MR) is 62.5 cm³/mol. The topological polar surface area (TPSA) is 55.1 Å². The van der Waals surface area contributed by atoms with Crippen LogP contribution in [0, 0.1) is 17.5 Å². The minimum Gasteiger partial charge on any atom is -0.330 e. The van der Waals surface area contributed by atoms with Crippen molar-refractivity contribution in [2.24, 2.45) is 5.73 Å². The molecule has 3 nitrogen and oxygen atoms in total. The molecule has 0 bridgehead atoms. The van der Waals surface area contributed by atoms with Gasteiger partial charge in [0, 0.05) is 24.2 Å². The monoisotopic (exact) mass is 260 g/mol. The molecule has 0 unspecified atom stereocenters. The first-order valence-corrected chi connectivity index (χ1v) is 5.69. The molecule has 6 heteroatoms. The molecule has 0 heterocycles. The maximum absolute atomic E-state index is 12.9. The Balaban J connectivity index is 2.49. The van der Waals surface area contributed by atoms with Crippen LogP contribution in [0.1, 0.15) is 25.7 Å². The lowest BCUT2D eigenvalue weighted by molar-refractivity contribution is -0.116. The molecule has 0 radical (unpaired) electrons. The number of carbonyl (C=O) groups is 1. The third kappa shape index (κ3) is 4.37. The van der Waals surface area contributed by atoms with E-state index in [0.717, 1.165) is 25.0 Å². The van der Waals surface area contributed by atoms with Crippen LogP contribution >= 0.6 is 0 Å². The van der Waals surface area contributed by atoms with Crippen molar-refractivity contribution in [3.05, 3.63) is 29.6 Å². The number of carbonyl (C=O) groups excluding carboxylic acids is 1. The number of unbranched alkanes of at least 4 members (excludes halogenated alkanes) is 2. The van der Waals surface area contributed by atoms with E-state index in [0.29, 0.717) is 13.0 Å². The third-order valence-electron chi connectivity index (χ3n) is 2.38.